The van der Waals surface area contributed by atoms with Gasteiger partial charge in [0.2, 0.25) is 0 Å². The summed E-state index contributed by atoms with van der Waals surface area (Å²) in [4.78, 5) is 0. The Morgan fingerprint density at radius 2 is 1.86 bits per heavy atom. The molecular formula is C12H16O2. The maximum Gasteiger partial charge on any atom is 0.122 e. The molecule has 0 aliphatic carbocycles. The van der Waals surface area contributed by atoms with Crippen LogP contribution in [0.25, 0.3) is 0 Å². The molecule has 14 heavy (non-hydrogen) atoms. The summed E-state index contributed by atoms with van der Waals surface area (Å²) in [6.45, 7) is 7.84. The van der Waals surface area contributed by atoms with Gasteiger partial charge in [0.05, 0.1) is 6.61 Å². The Morgan fingerprint density at radius 1 is 1.21 bits per heavy atom. The highest BCUT2D eigenvalue weighted by Gasteiger charge is 2.23. The molecule has 0 aromatic heterocycles. The van der Waals surface area contributed by atoms with E-state index in [2.05, 4.69) is 32.9 Å². The Bertz CT molecular complexity index is 340. The molecule has 0 radical (unpaired) electrons. The van der Waals surface area contributed by atoms with Gasteiger partial charge in [-0.3, -0.25) is 0 Å². The molecule has 76 valence electrons. The molecule has 1 atom stereocenters. The summed E-state index contributed by atoms with van der Waals surface area (Å²) in [6, 6.07) is 4.27. The lowest BCUT2D eigenvalue weighted by Crippen LogP contribution is -2.05. The largest absolute Gasteiger partial charge is 0.491 e. The minimum absolute atomic E-state index is 0.330. The first-order valence-electron chi connectivity index (χ1n) is 4.99. The van der Waals surface area contributed by atoms with Gasteiger partial charge < -0.3 is 9.47 Å². The Balaban J connectivity index is 2.10. The summed E-state index contributed by atoms with van der Waals surface area (Å²) in [7, 11) is 0. The van der Waals surface area contributed by atoms with Crippen molar-refractivity contribution in [1.29, 1.82) is 0 Å². The van der Waals surface area contributed by atoms with E-state index in [0.717, 1.165) is 12.4 Å². The molecule has 0 spiro atoms. The number of epoxide rings is 1. The van der Waals surface area contributed by atoms with Crippen molar-refractivity contribution >= 4 is 0 Å². The van der Waals surface area contributed by atoms with E-state index in [1.807, 2.05) is 0 Å². The fourth-order valence-corrected chi connectivity index (χ4v) is 1.44. The zero-order valence-electron chi connectivity index (χ0n) is 8.96. The maximum atomic E-state index is 5.67. The Labute approximate surface area is 84.8 Å². The SMILES string of the molecule is Cc1cc(C)c(OCC2CO2)cc1C. The quantitative estimate of drug-likeness (QED) is 0.686. The fraction of sp³-hybridized carbons (Fsp3) is 0.500. The second kappa shape index (κ2) is 3.62. The zero-order chi connectivity index (χ0) is 10.1. The van der Waals surface area contributed by atoms with Crippen LogP contribution in [0.5, 0.6) is 5.75 Å². The predicted molar refractivity (Wildman–Crippen MR) is 55.9 cm³/mol. The average Bonchev–Trinajstić information content (AvgIpc) is 2.92. The molecule has 0 amide bonds. The second-order valence-electron chi connectivity index (χ2n) is 3.97. The Kier molecular flexibility index (Phi) is 2.46. The van der Waals surface area contributed by atoms with Crippen molar-refractivity contribution in [2.45, 2.75) is 26.9 Å². The van der Waals surface area contributed by atoms with Crippen LogP contribution in [0.3, 0.4) is 0 Å². The minimum Gasteiger partial charge on any atom is -0.491 e. The van der Waals surface area contributed by atoms with Crippen LogP contribution in [0.2, 0.25) is 0 Å². The van der Waals surface area contributed by atoms with Crippen molar-refractivity contribution < 1.29 is 9.47 Å². The third kappa shape index (κ3) is 2.07. The first-order chi connectivity index (χ1) is 6.66. The van der Waals surface area contributed by atoms with Crippen molar-refractivity contribution in [3.05, 3.63) is 28.8 Å². The highest BCUT2D eigenvalue weighted by Crippen LogP contribution is 2.23. The molecule has 1 aliphatic rings. The standard InChI is InChI=1S/C12H16O2/c1-8-4-10(3)12(5-9(8)2)14-7-11-6-13-11/h4-5,11H,6-7H2,1-3H3. The third-order valence-electron chi connectivity index (χ3n) is 2.62. The molecule has 2 heteroatoms. The summed E-state index contributed by atoms with van der Waals surface area (Å²) in [5, 5.41) is 0. The van der Waals surface area contributed by atoms with Crippen molar-refractivity contribution in [3.63, 3.8) is 0 Å². The number of hydrogen-bond acceptors (Lipinski definition) is 2. The van der Waals surface area contributed by atoms with E-state index in [9.17, 15) is 0 Å². The van der Waals surface area contributed by atoms with Gasteiger partial charge in [0.25, 0.3) is 0 Å². The molecule has 0 N–H and O–H groups in total. The van der Waals surface area contributed by atoms with Crippen LogP contribution in [0.1, 0.15) is 16.7 Å². The molecule has 2 nitrogen and oxygen atoms in total. The fourth-order valence-electron chi connectivity index (χ4n) is 1.44. The van der Waals surface area contributed by atoms with Gasteiger partial charge in [0, 0.05) is 0 Å². The molecule has 2 rings (SSSR count). The van der Waals surface area contributed by atoms with Gasteiger partial charge in [0.1, 0.15) is 18.5 Å². The molecule has 1 heterocycles. The highest BCUT2D eigenvalue weighted by molar-refractivity contribution is 5.40. The van der Waals surface area contributed by atoms with Gasteiger partial charge in [-0.2, -0.15) is 0 Å². The third-order valence-corrected chi connectivity index (χ3v) is 2.62. The van der Waals surface area contributed by atoms with Gasteiger partial charge in [-0.15, -0.1) is 0 Å². The molecule has 1 aromatic carbocycles. The van der Waals surface area contributed by atoms with Crippen LogP contribution in [-0.2, 0) is 4.74 Å². The lowest BCUT2D eigenvalue weighted by molar-refractivity contribution is 0.261. The smallest absolute Gasteiger partial charge is 0.122 e. The van der Waals surface area contributed by atoms with Crippen LogP contribution in [0.15, 0.2) is 12.1 Å². The van der Waals surface area contributed by atoms with Crippen molar-refractivity contribution in [2.75, 3.05) is 13.2 Å². The summed E-state index contributed by atoms with van der Waals surface area (Å²) in [5.74, 6) is 0.989. The summed E-state index contributed by atoms with van der Waals surface area (Å²) in [6.07, 6.45) is 0.330. The summed E-state index contributed by atoms with van der Waals surface area (Å²) in [5.41, 5.74) is 3.80. The number of hydrogen-bond donors (Lipinski definition) is 0. The maximum absolute atomic E-state index is 5.67. The summed E-state index contributed by atoms with van der Waals surface area (Å²) < 4.78 is 10.8. The molecule has 1 aromatic rings. The van der Waals surface area contributed by atoms with Crippen LogP contribution >= 0.6 is 0 Å². The number of aryl methyl sites for hydroxylation is 3. The molecular weight excluding hydrogens is 176 g/mol. The number of benzene rings is 1. The summed E-state index contributed by atoms with van der Waals surface area (Å²) >= 11 is 0. The lowest BCUT2D eigenvalue weighted by atomic mass is 10.1. The van der Waals surface area contributed by atoms with Crippen LogP contribution < -0.4 is 4.74 Å². The second-order valence-corrected chi connectivity index (χ2v) is 3.97. The van der Waals surface area contributed by atoms with E-state index in [1.54, 1.807) is 0 Å². The number of rotatable bonds is 3. The lowest BCUT2D eigenvalue weighted by Gasteiger charge is -2.10. The van der Waals surface area contributed by atoms with Gasteiger partial charge in [-0.1, -0.05) is 6.07 Å². The van der Waals surface area contributed by atoms with Gasteiger partial charge in [0.15, 0.2) is 0 Å². The monoisotopic (exact) mass is 192 g/mol. The first kappa shape index (κ1) is 9.53. The van der Waals surface area contributed by atoms with E-state index < -0.39 is 0 Å². The molecule has 1 saturated heterocycles. The van der Waals surface area contributed by atoms with Gasteiger partial charge >= 0.3 is 0 Å². The molecule has 0 saturated carbocycles. The number of ether oxygens (including phenoxy) is 2. The Hall–Kier alpha value is -1.02. The Morgan fingerprint density at radius 3 is 2.50 bits per heavy atom. The first-order valence-corrected chi connectivity index (χ1v) is 4.99. The van der Waals surface area contributed by atoms with E-state index in [4.69, 9.17) is 9.47 Å². The molecule has 1 unspecified atom stereocenters. The molecule has 1 fully saturated rings. The highest BCUT2D eigenvalue weighted by atomic mass is 16.6. The van der Waals surface area contributed by atoms with Crippen molar-refractivity contribution in [3.8, 4) is 5.75 Å². The van der Waals surface area contributed by atoms with Crippen molar-refractivity contribution in [1.82, 2.24) is 0 Å². The molecule has 0 bridgehead atoms. The predicted octanol–water partition coefficient (Wildman–Crippen LogP) is 2.39. The van der Waals surface area contributed by atoms with E-state index in [-0.39, 0.29) is 0 Å². The molecule has 1 aliphatic heterocycles. The van der Waals surface area contributed by atoms with Gasteiger partial charge in [-0.05, 0) is 43.5 Å². The topological polar surface area (TPSA) is 21.8 Å². The van der Waals surface area contributed by atoms with E-state index in [1.165, 1.54) is 16.7 Å². The van der Waals surface area contributed by atoms with Crippen LogP contribution in [0, 0.1) is 20.8 Å². The van der Waals surface area contributed by atoms with Gasteiger partial charge in [-0.25, -0.2) is 0 Å². The van der Waals surface area contributed by atoms with Crippen molar-refractivity contribution in [2.24, 2.45) is 0 Å². The van der Waals surface area contributed by atoms with Crippen LogP contribution in [0.4, 0.5) is 0 Å². The van der Waals surface area contributed by atoms with E-state index in [0.29, 0.717) is 12.7 Å². The normalized spacial score (nSPS) is 19.5. The zero-order valence-corrected chi connectivity index (χ0v) is 8.96. The van der Waals surface area contributed by atoms with E-state index >= 15 is 0 Å². The minimum atomic E-state index is 0.330. The average molecular weight is 192 g/mol. The van der Waals surface area contributed by atoms with Crippen LogP contribution in [-0.4, -0.2) is 19.3 Å².